The van der Waals surface area contributed by atoms with Crippen molar-refractivity contribution in [3.8, 4) is 12.3 Å². The van der Waals surface area contributed by atoms with Gasteiger partial charge in [0, 0.05) is 12.8 Å². The van der Waals surface area contributed by atoms with E-state index in [0.717, 1.165) is 12.8 Å². The first-order chi connectivity index (χ1) is 4.74. The van der Waals surface area contributed by atoms with Crippen LogP contribution in [0.2, 0.25) is 0 Å². The Kier molecular flexibility index (Phi) is 1.96. The van der Waals surface area contributed by atoms with Crippen LogP contribution in [0.1, 0.15) is 19.8 Å². The molecule has 1 fully saturated rings. The highest BCUT2D eigenvalue weighted by molar-refractivity contribution is 5.66. The Morgan fingerprint density at radius 1 is 1.80 bits per heavy atom. The zero-order valence-corrected chi connectivity index (χ0v) is 5.96. The summed E-state index contributed by atoms with van der Waals surface area (Å²) in [7, 11) is 0. The second-order valence-electron chi connectivity index (χ2n) is 2.53. The third kappa shape index (κ3) is 1.77. The second-order valence-corrected chi connectivity index (χ2v) is 2.53. The van der Waals surface area contributed by atoms with Crippen molar-refractivity contribution >= 4 is 5.97 Å². The van der Waals surface area contributed by atoms with Crippen molar-refractivity contribution in [3.63, 3.8) is 0 Å². The average Bonchev–Trinajstić information content (AvgIpc) is 2.63. The minimum Gasteiger partial charge on any atom is -0.449 e. The highest BCUT2D eigenvalue weighted by Crippen LogP contribution is 2.33. The predicted octanol–water partition coefficient (Wildman–Crippen LogP) is 0.961. The quantitative estimate of drug-likeness (QED) is 0.419. The van der Waals surface area contributed by atoms with Gasteiger partial charge in [0.2, 0.25) is 0 Å². The third-order valence-electron chi connectivity index (χ3n) is 1.51. The van der Waals surface area contributed by atoms with Crippen molar-refractivity contribution in [3.05, 3.63) is 0 Å². The Morgan fingerprint density at radius 2 is 2.40 bits per heavy atom. The molecule has 0 aromatic rings. The summed E-state index contributed by atoms with van der Waals surface area (Å²) in [5.74, 6) is 2.61. The summed E-state index contributed by atoms with van der Waals surface area (Å²) >= 11 is 0. The predicted molar refractivity (Wildman–Crippen MR) is 37.1 cm³/mol. The lowest BCUT2D eigenvalue weighted by Crippen LogP contribution is -2.15. The minimum absolute atomic E-state index is 0.266. The highest BCUT2D eigenvalue weighted by Gasteiger charge is 2.31. The molecule has 0 spiro atoms. The summed E-state index contributed by atoms with van der Waals surface area (Å²) in [5, 5.41) is 0. The Labute approximate surface area is 60.6 Å². The van der Waals surface area contributed by atoms with E-state index in [0.29, 0.717) is 5.92 Å². The molecule has 1 unspecified atom stereocenters. The molecule has 10 heavy (non-hydrogen) atoms. The molecular formula is C8H10O2. The first-order valence-electron chi connectivity index (χ1n) is 3.37. The zero-order chi connectivity index (χ0) is 7.56. The van der Waals surface area contributed by atoms with Gasteiger partial charge >= 0.3 is 5.97 Å². The largest absolute Gasteiger partial charge is 0.449 e. The normalized spacial score (nSPS) is 19.2. The van der Waals surface area contributed by atoms with Gasteiger partial charge in [-0.3, -0.25) is 4.79 Å². The van der Waals surface area contributed by atoms with Gasteiger partial charge in [-0.2, -0.15) is 0 Å². The fourth-order valence-corrected chi connectivity index (χ4v) is 0.844. The lowest BCUT2D eigenvalue weighted by atomic mass is 10.2. The van der Waals surface area contributed by atoms with Crippen molar-refractivity contribution in [2.45, 2.75) is 25.9 Å². The van der Waals surface area contributed by atoms with E-state index >= 15 is 0 Å². The van der Waals surface area contributed by atoms with Gasteiger partial charge in [0.15, 0.2) is 6.10 Å². The smallest absolute Gasteiger partial charge is 0.303 e. The molecule has 1 aliphatic carbocycles. The van der Waals surface area contributed by atoms with E-state index in [-0.39, 0.29) is 12.1 Å². The van der Waals surface area contributed by atoms with Gasteiger partial charge in [-0.1, -0.05) is 5.92 Å². The first-order valence-corrected chi connectivity index (χ1v) is 3.37. The first kappa shape index (κ1) is 7.14. The molecule has 0 saturated heterocycles. The number of hydrogen-bond donors (Lipinski definition) is 0. The molecule has 0 N–H and O–H groups in total. The van der Waals surface area contributed by atoms with Crippen LogP contribution in [-0.2, 0) is 9.53 Å². The summed E-state index contributed by atoms with van der Waals surface area (Å²) in [6.07, 6.45) is 7.07. The Bertz CT molecular complexity index is 174. The van der Waals surface area contributed by atoms with Gasteiger partial charge < -0.3 is 4.74 Å². The third-order valence-corrected chi connectivity index (χ3v) is 1.51. The van der Waals surface area contributed by atoms with Crippen LogP contribution < -0.4 is 0 Å². The molecule has 2 heteroatoms. The van der Waals surface area contributed by atoms with Crippen molar-refractivity contribution < 1.29 is 9.53 Å². The molecule has 1 atom stereocenters. The lowest BCUT2D eigenvalue weighted by molar-refractivity contribution is -0.144. The van der Waals surface area contributed by atoms with Gasteiger partial charge in [0.05, 0.1) is 0 Å². The van der Waals surface area contributed by atoms with Gasteiger partial charge in [-0.15, -0.1) is 6.42 Å². The number of carbonyl (C=O) groups excluding carboxylic acids is 1. The van der Waals surface area contributed by atoms with Crippen LogP contribution in [0.5, 0.6) is 0 Å². The molecule has 1 saturated carbocycles. The summed E-state index contributed by atoms with van der Waals surface area (Å²) in [5.41, 5.74) is 0. The van der Waals surface area contributed by atoms with Crippen LogP contribution in [0.4, 0.5) is 0 Å². The van der Waals surface area contributed by atoms with Gasteiger partial charge in [0.25, 0.3) is 0 Å². The number of esters is 1. The highest BCUT2D eigenvalue weighted by atomic mass is 16.5. The SMILES string of the molecule is C#CC(OC(C)=O)C1CC1. The number of hydrogen-bond acceptors (Lipinski definition) is 2. The van der Waals surface area contributed by atoms with E-state index in [4.69, 9.17) is 11.2 Å². The number of carbonyl (C=O) groups is 1. The van der Waals surface area contributed by atoms with E-state index in [9.17, 15) is 4.79 Å². The fourth-order valence-electron chi connectivity index (χ4n) is 0.844. The summed E-state index contributed by atoms with van der Waals surface area (Å²) in [4.78, 5) is 10.4. The topological polar surface area (TPSA) is 26.3 Å². The molecule has 1 aliphatic rings. The molecule has 0 aromatic carbocycles. The minimum atomic E-state index is -0.283. The van der Waals surface area contributed by atoms with Crippen molar-refractivity contribution in [2.24, 2.45) is 5.92 Å². The lowest BCUT2D eigenvalue weighted by Gasteiger charge is -2.07. The van der Waals surface area contributed by atoms with E-state index in [1.165, 1.54) is 6.92 Å². The van der Waals surface area contributed by atoms with Crippen molar-refractivity contribution in [1.82, 2.24) is 0 Å². The maximum absolute atomic E-state index is 10.4. The number of ether oxygens (including phenoxy) is 1. The Balaban J connectivity index is 2.34. The molecule has 2 nitrogen and oxygen atoms in total. The molecule has 0 radical (unpaired) electrons. The van der Waals surface area contributed by atoms with Crippen LogP contribution >= 0.6 is 0 Å². The Morgan fingerprint density at radius 3 is 2.70 bits per heavy atom. The molecule has 1 rings (SSSR count). The number of rotatable bonds is 2. The van der Waals surface area contributed by atoms with Crippen LogP contribution in [0, 0.1) is 18.3 Å². The summed E-state index contributed by atoms with van der Waals surface area (Å²) in [6, 6.07) is 0. The maximum atomic E-state index is 10.4. The van der Waals surface area contributed by atoms with Gasteiger partial charge in [0.1, 0.15) is 0 Å². The van der Waals surface area contributed by atoms with Crippen molar-refractivity contribution in [1.29, 1.82) is 0 Å². The molecule has 0 amide bonds. The second kappa shape index (κ2) is 2.74. The summed E-state index contributed by atoms with van der Waals surface area (Å²) in [6.45, 7) is 1.38. The molecule has 0 aromatic heterocycles. The standard InChI is InChI=1S/C8H10O2/c1-3-8(7-4-5-7)10-6(2)9/h1,7-8H,4-5H2,2H3. The maximum Gasteiger partial charge on any atom is 0.303 e. The van der Waals surface area contributed by atoms with Crippen LogP contribution in [0.3, 0.4) is 0 Å². The van der Waals surface area contributed by atoms with Crippen LogP contribution in [0.15, 0.2) is 0 Å². The number of terminal acetylenes is 1. The van der Waals surface area contributed by atoms with E-state index in [2.05, 4.69) is 5.92 Å². The Hall–Kier alpha value is -0.970. The molecule has 54 valence electrons. The van der Waals surface area contributed by atoms with Crippen LogP contribution in [-0.4, -0.2) is 12.1 Å². The van der Waals surface area contributed by atoms with Gasteiger partial charge in [-0.25, -0.2) is 0 Å². The summed E-state index contributed by atoms with van der Waals surface area (Å²) < 4.78 is 4.85. The molecule has 0 bridgehead atoms. The average molecular weight is 138 g/mol. The molecule has 0 aliphatic heterocycles. The van der Waals surface area contributed by atoms with Crippen LogP contribution in [0.25, 0.3) is 0 Å². The van der Waals surface area contributed by atoms with Gasteiger partial charge in [-0.05, 0) is 12.8 Å². The van der Waals surface area contributed by atoms with Crippen molar-refractivity contribution in [2.75, 3.05) is 0 Å². The zero-order valence-electron chi connectivity index (χ0n) is 5.96. The monoisotopic (exact) mass is 138 g/mol. The van der Waals surface area contributed by atoms with E-state index in [1.807, 2.05) is 0 Å². The molecular weight excluding hydrogens is 128 g/mol. The fraction of sp³-hybridized carbons (Fsp3) is 0.625. The molecule has 0 heterocycles. The van der Waals surface area contributed by atoms with E-state index < -0.39 is 0 Å². The van der Waals surface area contributed by atoms with E-state index in [1.54, 1.807) is 0 Å².